The largest absolute Gasteiger partial charge is 0.121 e. The Morgan fingerprint density at radius 1 is 1.29 bits per heavy atom. The summed E-state index contributed by atoms with van der Waals surface area (Å²) in [7, 11) is 0. The van der Waals surface area contributed by atoms with Crippen LogP contribution in [0.4, 0.5) is 0 Å². The molecule has 0 spiro atoms. The summed E-state index contributed by atoms with van der Waals surface area (Å²) < 4.78 is 2.42. The van der Waals surface area contributed by atoms with Gasteiger partial charge in [0, 0.05) is 4.83 Å². The van der Waals surface area contributed by atoms with Gasteiger partial charge in [-0.1, -0.05) is 42.6 Å². The van der Waals surface area contributed by atoms with Crippen molar-refractivity contribution in [2.45, 2.75) is 31.5 Å². The third kappa shape index (κ3) is 3.06. The Morgan fingerprint density at radius 2 is 1.86 bits per heavy atom. The van der Waals surface area contributed by atoms with Gasteiger partial charge in [-0.2, -0.15) is 0 Å². The number of alkyl halides is 1. The molecule has 14 heavy (non-hydrogen) atoms. The van der Waals surface area contributed by atoms with Crippen LogP contribution >= 0.6 is 59.1 Å². The van der Waals surface area contributed by atoms with E-state index in [1.54, 1.807) is 11.3 Å². The topological polar surface area (TPSA) is 0 Å². The molecule has 0 fully saturated rings. The minimum Gasteiger partial charge on any atom is -0.121 e. The molecule has 1 unspecified atom stereocenters. The van der Waals surface area contributed by atoms with Crippen molar-refractivity contribution >= 4 is 59.1 Å². The first kappa shape index (κ1) is 13.2. The second-order valence-corrected chi connectivity index (χ2v) is 7.99. The minimum atomic E-state index is 0.467. The van der Waals surface area contributed by atoms with E-state index in [-0.39, 0.29) is 0 Å². The SMILES string of the molecule is CCC(CC)C(Br)c1cc(Br)sc1Br. The highest BCUT2D eigenvalue weighted by Gasteiger charge is 2.21. The highest BCUT2D eigenvalue weighted by atomic mass is 79.9. The summed E-state index contributed by atoms with van der Waals surface area (Å²) in [5, 5.41) is 0. The van der Waals surface area contributed by atoms with Gasteiger partial charge < -0.3 is 0 Å². The van der Waals surface area contributed by atoms with Gasteiger partial charge in [0.05, 0.1) is 7.57 Å². The van der Waals surface area contributed by atoms with Gasteiger partial charge in [-0.15, -0.1) is 11.3 Å². The fraction of sp³-hybridized carbons (Fsp3) is 0.600. The summed E-state index contributed by atoms with van der Waals surface area (Å²) in [4.78, 5) is 0.467. The normalized spacial score (nSPS) is 13.6. The van der Waals surface area contributed by atoms with E-state index in [0.717, 1.165) is 0 Å². The average molecular weight is 405 g/mol. The number of hydrogen-bond donors (Lipinski definition) is 0. The Bertz CT molecular complexity index is 292. The number of thiophene rings is 1. The van der Waals surface area contributed by atoms with Crippen LogP contribution in [0.2, 0.25) is 0 Å². The predicted octanol–water partition coefficient (Wildman–Crippen LogP) is 6.15. The van der Waals surface area contributed by atoms with Gasteiger partial charge in [-0.3, -0.25) is 0 Å². The summed E-state index contributed by atoms with van der Waals surface area (Å²) in [6.07, 6.45) is 2.43. The fourth-order valence-electron chi connectivity index (χ4n) is 1.50. The Morgan fingerprint density at radius 3 is 2.21 bits per heavy atom. The summed E-state index contributed by atoms with van der Waals surface area (Å²) in [6.45, 7) is 4.50. The lowest BCUT2D eigenvalue weighted by molar-refractivity contribution is 0.486. The molecule has 0 aliphatic carbocycles. The van der Waals surface area contributed by atoms with Gasteiger partial charge >= 0.3 is 0 Å². The number of halogens is 3. The van der Waals surface area contributed by atoms with Gasteiger partial charge in [-0.25, -0.2) is 0 Å². The molecular weight excluding hydrogens is 392 g/mol. The first-order valence-corrected chi connectivity index (χ1v) is 8.00. The highest BCUT2D eigenvalue weighted by Crippen LogP contribution is 2.43. The van der Waals surface area contributed by atoms with E-state index >= 15 is 0 Å². The lowest BCUT2D eigenvalue weighted by Gasteiger charge is -2.19. The van der Waals surface area contributed by atoms with Crippen molar-refractivity contribution in [3.63, 3.8) is 0 Å². The van der Waals surface area contributed by atoms with Crippen molar-refractivity contribution in [2.75, 3.05) is 0 Å². The molecule has 0 amide bonds. The molecule has 0 bridgehead atoms. The first-order chi connectivity index (χ1) is 6.60. The van der Waals surface area contributed by atoms with E-state index in [9.17, 15) is 0 Å². The van der Waals surface area contributed by atoms with Crippen molar-refractivity contribution in [2.24, 2.45) is 5.92 Å². The Kier molecular flexibility index (Phi) is 5.68. The van der Waals surface area contributed by atoms with Crippen molar-refractivity contribution < 1.29 is 0 Å². The maximum atomic E-state index is 3.79. The smallest absolute Gasteiger partial charge is 0.0753 e. The van der Waals surface area contributed by atoms with Crippen molar-refractivity contribution in [1.82, 2.24) is 0 Å². The second-order valence-electron chi connectivity index (χ2n) is 3.26. The minimum absolute atomic E-state index is 0.467. The van der Waals surface area contributed by atoms with Crippen LogP contribution in [-0.4, -0.2) is 0 Å². The first-order valence-electron chi connectivity index (χ1n) is 4.68. The van der Waals surface area contributed by atoms with Crippen molar-refractivity contribution in [3.8, 4) is 0 Å². The highest BCUT2D eigenvalue weighted by molar-refractivity contribution is 9.12. The number of hydrogen-bond acceptors (Lipinski definition) is 1. The van der Waals surface area contributed by atoms with Crippen LogP contribution in [0, 0.1) is 5.92 Å². The van der Waals surface area contributed by atoms with E-state index in [2.05, 4.69) is 67.7 Å². The summed E-state index contributed by atoms with van der Waals surface area (Å²) in [6, 6.07) is 2.20. The molecule has 1 heterocycles. The van der Waals surface area contributed by atoms with Crippen LogP contribution in [0.5, 0.6) is 0 Å². The predicted molar refractivity (Wildman–Crippen MR) is 75.5 cm³/mol. The quantitative estimate of drug-likeness (QED) is 0.528. The van der Waals surface area contributed by atoms with Crippen molar-refractivity contribution in [1.29, 1.82) is 0 Å². The molecule has 0 aromatic carbocycles. The van der Waals surface area contributed by atoms with Crippen LogP contribution in [0.25, 0.3) is 0 Å². The monoisotopic (exact) mass is 402 g/mol. The molecule has 80 valence electrons. The Labute approximate surface area is 115 Å². The maximum absolute atomic E-state index is 3.79. The van der Waals surface area contributed by atoms with Gasteiger partial charge in [0.25, 0.3) is 0 Å². The molecule has 0 aliphatic rings. The Hall–Kier alpha value is 1.14. The lowest BCUT2D eigenvalue weighted by atomic mass is 9.96. The lowest BCUT2D eigenvalue weighted by Crippen LogP contribution is -2.04. The molecule has 1 aromatic heterocycles. The molecule has 1 atom stereocenters. The van der Waals surface area contributed by atoms with Crippen molar-refractivity contribution in [3.05, 3.63) is 19.2 Å². The molecule has 1 aromatic rings. The third-order valence-corrected chi connectivity index (χ3v) is 6.07. The zero-order valence-electron chi connectivity index (χ0n) is 8.19. The third-order valence-electron chi connectivity index (χ3n) is 2.44. The Balaban J connectivity index is 2.87. The van der Waals surface area contributed by atoms with E-state index in [4.69, 9.17) is 0 Å². The van der Waals surface area contributed by atoms with Gasteiger partial charge in [0.2, 0.25) is 0 Å². The second kappa shape index (κ2) is 6.02. The maximum Gasteiger partial charge on any atom is 0.0753 e. The molecule has 0 aliphatic heterocycles. The molecule has 0 saturated heterocycles. The van der Waals surface area contributed by atoms with Crippen LogP contribution in [0.3, 0.4) is 0 Å². The molecule has 0 N–H and O–H groups in total. The van der Waals surface area contributed by atoms with Crippen LogP contribution in [0.15, 0.2) is 13.6 Å². The molecule has 0 nitrogen and oxygen atoms in total. The summed E-state index contributed by atoms with van der Waals surface area (Å²) in [5.41, 5.74) is 1.37. The van der Waals surface area contributed by atoms with Crippen LogP contribution in [0.1, 0.15) is 37.1 Å². The molecule has 1 rings (SSSR count). The zero-order valence-corrected chi connectivity index (χ0v) is 13.8. The van der Waals surface area contributed by atoms with Crippen LogP contribution in [-0.2, 0) is 0 Å². The van der Waals surface area contributed by atoms with Crippen LogP contribution < -0.4 is 0 Å². The van der Waals surface area contributed by atoms with Gasteiger partial charge in [0.15, 0.2) is 0 Å². The van der Waals surface area contributed by atoms with Gasteiger partial charge in [-0.05, 0) is 49.4 Å². The molecule has 4 heteroatoms. The zero-order chi connectivity index (χ0) is 10.7. The molecular formula is C10H13Br3S. The van der Waals surface area contributed by atoms with E-state index < -0.39 is 0 Å². The summed E-state index contributed by atoms with van der Waals surface area (Å²) >= 11 is 12.6. The molecule has 0 radical (unpaired) electrons. The van der Waals surface area contributed by atoms with E-state index in [1.807, 2.05) is 0 Å². The summed E-state index contributed by atoms with van der Waals surface area (Å²) in [5.74, 6) is 0.716. The molecule has 0 saturated carbocycles. The fourth-order valence-corrected chi connectivity index (χ4v) is 5.99. The average Bonchev–Trinajstić information content (AvgIpc) is 2.47. The standard InChI is InChI=1S/C10H13Br3S/c1-3-6(4-2)9(12)7-5-8(11)14-10(7)13/h5-6,9H,3-4H2,1-2H3. The van der Waals surface area contributed by atoms with E-state index in [1.165, 1.54) is 26.0 Å². The van der Waals surface area contributed by atoms with Gasteiger partial charge in [0.1, 0.15) is 0 Å². The number of rotatable bonds is 4. The van der Waals surface area contributed by atoms with E-state index in [0.29, 0.717) is 10.7 Å².